The zero-order chi connectivity index (χ0) is 14.5. The minimum atomic E-state index is 0.0868. The Morgan fingerprint density at radius 1 is 1.30 bits per heavy atom. The molecule has 0 bridgehead atoms. The van der Waals surface area contributed by atoms with E-state index >= 15 is 0 Å². The van der Waals surface area contributed by atoms with Crippen molar-refractivity contribution in [2.45, 2.75) is 32.1 Å². The summed E-state index contributed by atoms with van der Waals surface area (Å²) in [5.74, 6) is 1.39. The van der Waals surface area contributed by atoms with E-state index in [2.05, 4.69) is 0 Å². The summed E-state index contributed by atoms with van der Waals surface area (Å²) in [4.78, 5) is 0. The van der Waals surface area contributed by atoms with Crippen molar-refractivity contribution in [3.63, 3.8) is 0 Å². The van der Waals surface area contributed by atoms with Crippen molar-refractivity contribution >= 4 is 5.71 Å². The van der Waals surface area contributed by atoms with E-state index in [0.717, 1.165) is 37.7 Å². The summed E-state index contributed by atoms with van der Waals surface area (Å²) in [5, 5.41) is 27.1. The summed E-state index contributed by atoms with van der Waals surface area (Å²) in [7, 11) is 1.52. The fraction of sp³-hybridized carbons (Fsp3) is 0.562. The molecule has 1 aromatic rings. The molecule has 0 saturated heterocycles. The van der Waals surface area contributed by atoms with E-state index in [1.54, 1.807) is 12.1 Å². The van der Waals surface area contributed by atoms with E-state index in [4.69, 9.17) is 15.3 Å². The van der Waals surface area contributed by atoms with E-state index in [0.29, 0.717) is 17.4 Å². The number of phenols is 1. The molecule has 4 nitrogen and oxygen atoms in total. The fourth-order valence-corrected chi connectivity index (χ4v) is 3.02. The molecule has 0 amide bonds. The van der Waals surface area contributed by atoms with Crippen molar-refractivity contribution in [2.24, 2.45) is 11.8 Å². The van der Waals surface area contributed by atoms with Gasteiger partial charge in [-0.15, -0.1) is 0 Å². The number of aliphatic hydroxyl groups excluding tert-OH is 1. The second-order valence-corrected chi connectivity index (χ2v) is 5.53. The van der Waals surface area contributed by atoms with Gasteiger partial charge in [-0.2, -0.15) is 0 Å². The van der Waals surface area contributed by atoms with Crippen LogP contribution in [-0.4, -0.2) is 29.6 Å². The molecule has 0 radical (unpaired) electrons. The molecule has 0 atom stereocenters. The molecule has 0 heterocycles. The van der Waals surface area contributed by atoms with Gasteiger partial charge < -0.3 is 20.4 Å². The average Bonchev–Trinajstić information content (AvgIpc) is 2.47. The van der Waals surface area contributed by atoms with Crippen LogP contribution in [-0.2, 0) is 0 Å². The van der Waals surface area contributed by atoms with Gasteiger partial charge >= 0.3 is 0 Å². The molecular weight excluding hydrogens is 254 g/mol. The molecule has 4 heteroatoms. The number of hydrogen-bond acceptors (Lipinski definition) is 4. The molecule has 20 heavy (non-hydrogen) atoms. The standard InChI is InChI=1S/C16H23NO3/c1-20-15-7-6-13(10-14(15)19)16(17)12-4-2-11(3-5-12)8-9-18/h6-7,10-12,17-19H,2-5,8-9H2,1H3/t11-,12+. The quantitative estimate of drug-likeness (QED) is 0.724. The predicted octanol–water partition coefficient (Wildman–Crippen LogP) is 2.96. The Balaban J connectivity index is 2.00. The monoisotopic (exact) mass is 277 g/mol. The van der Waals surface area contributed by atoms with Crippen LogP contribution in [0.25, 0.3) is 0 Å². The Morgan fingerprint density at radius 3 is 2.55 bits per heavy atom. The maximum absolute atomic E-state index is 9.80. The van der Waals surface area contributed by atoms with Crippen LogP contribution in [0.1, 0.15) is 37.7 Å². The molecule has 2 rings (SSSR count). The van der Waals surface area contributed by atoms with Crippen molar-refractivity contribution in [2.75, 3.05) is 13.7 Å². The molecule has 1 aliphatic rings. The normalized spacial score (nSPS) is 22.5. The van der Waals surface area contributed by atoms with Crippen molar-refractivity contribution in [3.05, 3.63) is 23.8 Å². The van der Waals surface area contributed by atoms with Crippen molar-refractivity contribution < 1.29 is 14.9 Å². The first-order valence-corrected chi connectivity index (χ1v) is 7.22. The number of nitrogens with one attached hydrogen (secondary N) is 1. The number of aromatic hydroxyl groups is 1. The number of ether oxygens (including phenoxy) is 1. The summed E-state index contributed by atoms with van der Waals surface area (Å²) in [6.07, 6.45) is 5.03. The lowest BCUT2D eigenvalue weighted by atomic mass is 9.77. The van der Waals surface area contributed by atoms with E-state index in [9.17, 15) is 5.11 Å². The number of hydrogen-bond donors (Lipinski definition) is 3. The lowest BCUT2D eigenvalue weighted by Gasteiger charge is -2.28. The van der Waals surface area contributed by atoms with Gasteiger partial charge in [0.1, 0.15) is 0 Å². The van der Waals surface area contributed by atoms with Crippen LogP contribution < -0.4 is 4.74 Å². The van der Waals surface area contributed by atoms with Gasteiger partial charge in [-0.25, -0.2) is 0 Å². The topological polar surface area (TPSA) is 73.5 Å². The zero-order valence-electron chi connectivity index (χ0n) is 11.9. The lowest BCUT2D eigenvalue weighted by Crippen LogP contribution is -2.22. The van der Waals surface area contributed by atoms with E-state index < -0.39 is 0 Å². The Labute approximate surface area is 119 Å². The van der Waals surface area contributed by atoms with Crippen LogP contribution in [0.3, 0.4) is 0 Å². The Hall–Kier alpha value is -1.55. The van der Waals surface area contributed by atoms with Crippen molar-refractivity contribution in [3.8, 4) is 11.5 Å². The Morgan fingerprint density at radius 2 is 2.00 bits per heavy atom. The molecule has 0 spiro atoms. The van der Waals surface area contributed by atoms with Crippen LogP contribution >= 0.6 is 0 Å². The first kappa shape index (κ1) is 14.9. The van der Waals surface area contributed by atoms with E-state index in [1.807, 2.05) is 6.07 Å². The Kier molecular flexibility index (Phi) is 5.01. The third-order valence-electron chi connectivity index (χ3n) is 4.28. The molecule has 0 aromatic heterocycles. The highest BCUT2D eigenvalue weighted by Crippen LogP contribution is 2.34. The highest BCUT2D eigenvalue weighted by Gasteiger charge is 2.24. The van der Waals surface area contributed by atoms with E-state index in [-0.39, 0.29) is 18.3 Å². The van der Waals surface area contributed by atoms with Gasteiger partial charge in [0.25, 0.3) is 0 Å². The maximum atomic E-state index is 9.80. The number of benzene rings is 1. The van der Waals surface area contributed by atoms with Crippen LogP contribution in [0.5, 0.6) is 11.5 Å². The molecule has 1 aromatic carbocycles. The minimum absolute atomic E-state index is 0.0868. The average molecular weight is 277 g/mol. The van der Waals surface area contributed by atoms with Crippen molar-refractivity contribution in [1.82, 2.24) is 0 Å². The number of phenolic OH excluding ortho intramolecular Hbond substituents is 1. The summed E-state index contributed by atoms with van der Waals surface area (Å²) < 4.78 is 5.02. The van der Waals surface area contributed by atoms with Crippen LogP contribution in [0, 0.1) is 17.2 Å². The zero-order valence-corrected chi connectivity index (χ0v) is 11.9. The van der Waals surface area contributed by atoms with Crippen molar-refractivity contribution in [1.29, 1.82) is 5.41 Å². The molecule has 3 N–H and O–H groups in total. The van der Waals surface area contributed by atoms with Gasteiger partial charge in [0.05, 0.1) is 7.11 Å². The lowest BCUT2D eigenvalue weighted by molar-refractivity contribution is 0.221. The molecule has 1 aliphatic carbocycles. The van der Waals surface area contributed by atoms with Gasteiger partial charge in [-0.3, -0.25) is 0 Å². The first-order valence-electron chi connectivity index (χ1n) is 7.22. The van der Waals surface area contributed by atoms with Crippen LogP contribution in [0.15, 0.2) is 18.2 Å². The highest BCUT2D eigenvalue weighted by atomic mass is 16.5. The molecule has 110 valence electrons. The largest absolute Gasteiger partial charge is 0.504 e. The third-order valence-corrected chi connectivity index (χ3v) is 4.28. The van der Waals surface area contributed by atoms with E-state index in [1.165, 1.54) is 7.11 Å². The maximum Gasteiger partial charge on any atom is 0.160 e. The Bertz CT molecular complexity index is 465. The second kappa shape index (κ2) is 6.75. The summed E-state index contributed by atoms with van der Waals surface area (Å²) in [6.45, 7) is 0.263. The van der Waals surface area contributed by atoms with Gasteiger partial charge in [0.15, 0.2) is 11.5 Å². The van der Waals surface area contributed by atoms with Crippen LogP contribution in [0.2, 0.25) is 0 Å². The summed E-state index contributed by atoms with van der Waals surface area (Å²) >= 11 is 0. The van der Waals surface area contributed by atoms with Gasteiger partial charge in [-0.05, 0) is 61.8 Å². The van der Waals surface area contributed by atoms with Crippen LogP contribution in [0.4, 0.5) is 0 Å². The summed E-state index contributed by atoms with van der Waals surface area (Å²) in [6, 6.07) is 5.15. The molecular formula is C16H23NO3. The first-order chi connectivity index (χ1) is 9.65. The molecule has 1 fully saturated rings. The molecule has 0 unspecified atom stereocenters. The minimum Gasteiger partial charge on any atom is -0.504 e. The van der Waals surface area contributed by atoms with Gasteiger partial charge in [0.2, 0.25) is 0 Å². The predicted molar refractivity (Wildman–Crippen MR) is 78.6 cm³/mol. The summed E-state index contributed by atoms with van der Waals surface area (Å²) in [5.41, 5.74) is 1.37. The third kappa shape index (κ3) is 3.31. The van der Waals surface area contributed by atoms with Gasteiger partial charge in [-0.1, -0.05) is 0 Å². The molecule has 0 aliphatic heterocycles. The second-order valence-electron chi connectivity index (χ2n) is 5.53. The number of methoxy groups -OCH3 is 1. The smallest absolute Gasteiger partial charge is 0.160 e. The highest BCUT2D eigenvalue weighted by molar-refractivity contribution is 6.00. The SMILES string of the molecule is COc1ccc(C(=N)[C@H]2CC[C@@H](CCO)CC2)cc1O. The fourth-order valence-electron chi connectivity index (χ4n) is 3.02. The molecule has 1 saturated carbocycles. The number of rotatable bonds is 5. The number of aliphatic hydroxyl groups is 1. The van der Waals surface area contributed by atoms with Gasteiger partial charge in [0, 0.05) is 18.2 Å².